The highest BCUT2D eigenvalue weighted by Gasteiger charge is 2.29. The Labute approximate surface area is 248 Å². The summed E-state index contributed by atoms with van der Waals surface area (Å²) in [6, 6.07) is 13.2. The number of carbonyl (C=O) groups excluding carboxylic acids is 2. The molecule has 0 radical (unpaired) electrons. The molecule has 0 aromatic heterocycles. The molecule has 2 fully saturated rings. The number of anilines is 1. The first-order valence-corrected chi connectivity index (χ1v) is 14.5. The molecule has 0 unspecified atom stereocenters. The zero-order valence-electron chi connectivity index (χ0n) is 23.6. The highest BCUT2D eigenvalue weighted by atomic mass is 19.2. The molecule has 1 saturated heterocycles. The molecule has 2 N–H and O–H groups in total. The maximum absolute atomic E-state index is 13.9. The second kappa shape index (κ2) is 13.8. The number of carbonyl (C=O) groups is 2. The standard InChI is InChI=1S/C34H33F4N3O2/c35-29-10-4-22(18-31(29)37)16-25-20-28(21-26(33(25)42)17-23-5-11-30(36)32(38)19-23)40-34(43)24-6-8-27(9-7-24)39-12-15-41-13-2-1-3-14-41/h4-11,16-19,28,39H,1-3,12-15,20-21H2,(H,40,43)/b25-16+,26-17+. The van der Waals surface area contributed by atoms with E-state index in [0.29, 0.717) is 5.56 Å². The van der Waals surface area contributed by atoms with E-state index in [1.807, 2.05) is 12.1 Å². The number of benzene rings is 3. The number of amides is 1. The average molecular weight is 592 g/mol. The molecule has 43 heavy (non-hydrogen) atoms. The first kappa shape index (κ1) is 30.2. The fourth-order valence-electron chi connectivity index (χ4n) is 5.50. The van der Waals surface area contributed by atoms with Crippen LogP contribution in [0.4, 0.5) is 23.2 Å². The topological polar surface area (TPSA) is 61.4 Å². The Morgan fingerprint density at radius 3 is 1.86 bits per heavy atom. The minimum atomic E-state index is -1.05. The first-order valence-electron chi connectivity index (χ1n) is 14.5. The van der Waals surface area contributed by atoms with Gasteiger partial charge < -0.3 is 15.5 Å². The lowest BCUT2D eigenvalue weighted by Gasteiger charge is -2.27. The van der Waals surface area contributed by atoms with Crippen molar-refractivity contribution < 1.29 is 27.2 Å². The molecular formula is C34H33F4N3O2. The Balaban J connectivity index is 1.30. The summed E-state index contributed by atoms with van der Waals surface area (Å²) in [6.45, 7) is 4.02. The van der Waals surface area contributed by atoms with Crippen LogP contribution in [0.3, 0.4) is 0 Å². The van der Waals surface area contributed by atoms with E-state index >= 15 is 0 Å². The Kier molecular flexibility index (Phi) is 9.72. The molecule has 3 aromatic rings. The predicted molar refractivity (Wildman–Crippen MR) is 159 cm³/mol. The first-order chi connectivity index (χ1) is 20.7. The van der Waals surface area contributed by atoms with Crippen molar-refractivity contribution in [3.63, 3.8) is 0 Å². The quantitative estimate of drug-likeness (QED) is 0.224. The van der Waals surface area contributed by atoms with Gasteiger partial charge in [-0.05, 0) is 111 Å². The number of nitrogens with zero attached hydrogens (tertiary/aromatic N) is 1. The summed E-state index contributed by atoms with van der Waals surface area (Å²) in [6.07, 6.45) is 6.97. The van der Waals surface area contributed by atoms with Gasteiger partial charge in [0.1, 0.15) is 0 Å². The number of Topliss-reactive ketones (excluding diaryl/α,β-unsaturated/α-hetero) is 1. The van der Waals surface area contributed by atoms with Crippen LogP contribution in [0.5, 0.6) is 0 Å². The van der Waals surface area contributed by atoms with E-state index in [1.165, 1.54) is 43.5 Å². The van der Waals surface area contributed by atoms with Gasteiger partial charge in [-0.2, -0.15) is 0 Å². The van der Waals surface area contributed by atoms with Crippen LogP contribution in [0.15, 0.2) is 71.8 Å². The van der Waals surface area contributed by atoms with E-state index < -0.39 is 29.3 Å². The predicted octanol–water partition coefficient (Wildman–Crippen LogP) is 6.77. The zero-order chi connectivity index (χ0) is 30.3. The van der Waals surface area contributed by atoms with Gasteiger partial charge in [0.05, 0.1) is 0 Å². The number of ketones is 1. The maximum atomic E-state index is 13.9. The summed E-state index contributed by atoms with van der Waals surface area (Å²) < 4.78 is 54.6. The summed E-state index contributed by atoms with van der Waals surface area (Å²) in [5.74, 6) is -4.83. The van der Waals surface area contributed by atoms with Gasteiger partial charge in [0, 0.05) is 41.5 Å². The minimum absolute atomic E-state index is 0.148. The number of hydrogen-bond donors (Lipinski definition) is 2. The van der Waals surface area contributed by atoms with Crippen molar-refractivity contribution >= 4 is 29.5 Å². The zero-order valence-corrected chi connectivity index (χ0v) is 23.6. The van der Waals surface area contributed by atoms with Crippen LogP contribution in [0.25, 0.3) is 12.2 Å². The highest BCUT2D eigenvalue weighted by Crippen LogP contribution is 2.29. The van der Waals surface area contributed by atoms with Crippen LogP contribution in [-0.2, 0) is 4.79 Å². The monoisotopic (exact) mass is 591 g/mol. The van der Waals surface area contributed by atoms with E-state index in [2.05, 4.69) is 15.5 Å². The van der Waals surface area contributed by atoms with Crippen molar-refractivity contribution in [2.24, 2.45) is 0 Å². The number of nitrogens with one attached hydrogen (secondary N) is 2. The Bertz CT molecular complexity index is 1470. The molecule has 3 aromatic carbocycles. The van der Waals surface area contributed by atoms with Crippen molar-refractivity contribution in [1.82, 2.24) is 10.2 Å². The van der Waals surface area contributed by atoms with Crippen LogP contribution in [0.1, 0.15) is 53.6 Å². The van der Waals surface area contributed by atoms with Gasteiger partial charge in [-0.3, -0.25) is 9.59 Å². The van der Waals surface area contributed by atoms with Gasteiger partial charge in [-0.15, -0.1) is 0 Å². The molecule has 0 atom stereocenters. The van der Waals surface area contributed by atoms with Crippen LogP contribution in [0, 0.1) is 23.3 Å². The molecule has 9 heteroatoms. The van der Waals surface area contributed by atoms with Crippen molar-refractivity contribution in [1.29, 1.82) is 0 Å². The summed E-state index contributed by atoms with van der Waals surface area (Å²) in [5.41, 5.74) is 2.45. The van der Waals surface area contributed by atoms with Crippen LogP contribution < -0.4 is 10.6 Å². The summed E-state index contributed by atoms with van der Waals surface area (Å²) in [7, 11) is 0. The largest absolute Gasteiger partial charge is 0.384 e. The molecule has 224 valence electrons. The van der Waals surface area contributed by atoms with E-state index in [1.54, 1.807) is 12.1 Å². The highest BCUT2D eigenvalue weighted by molar-refractivity contribution is 6.14. The molecule has 1 saturated carbocycles. The molecule has 5 rings (SSSR count). The van der Waals surface area contributed by atoms with Gasteiger partial charge in [-0.25, -0.2) is 17.6 Å². The smallest absolute Gasteiger partial charge is 0.251 e. The SMILES string of the molecule is O=C1/C(=C/c2ccc(F)c(F)c2)CC(NC(=O)c2ccc(NCCN3CCCCC3)cc2)C/C1=C\c1ccc(F)c(F)c1. The molecule has 1 amide bonds. The minimum Gasteiger partial charge on any atom is -0.384 e. The number of rotatable bonds is 8. The summed E-state index contributed by atoms with van der Waals surface area (Å²) >= 11 is 0. The van der Waals surface area contributed by atoms with Gasteiger partial charge in [0.2, 0.25) is 0 Å². The van der Waals surface area contributed by atoms with Crippen molar-refractivity contribution in [2.45, 2.75) is 38.1 Å². The van der Waals surface area contributed by atoms with Gasteiger partial charge in [-0.1, -0.05) is 18.6 Å². The van der Waals surface area contributed by atoms with E-state index in [-0.39, 0.29) is 46.8 Å². The number of likely N-dealkylation sites (tertiary alicyclic amines) is 1. The number of hydrogen-bond acceptors (Lipinski definition) is 4. The average Bonchev–Trinajstić information content (AvgIpc) is 3.00. The van der Waals surface area contributed by atoms with E-state index in [4.69, 9.17) is 0 Å². The fourth-order valence-corrected chi connectivity index (χ4v) is 5.50. The Morgan fingerprint density at radius 2 is 1.33 bits per heavy atom. The van der Waals surface area contributed by atoms with E-state index in [0.717, 1.165) is 56.1 Å². The lowest BCUT2D eigenvalue weighted by atomic mass is 9.83. The van der Waals surface area contributed by atoms with Gasteiger partial charge in [0.25, 0.3) is 5.91 Å². The van der Waals surface area contributed by atoms with Crippen LogP contribution >= 0.6 is 0 Å². The fraction of sp³-hybridized carbons (Fsp3) is 0.294. The maximum Gasteiger partial charge on any atom is 0.251 e. The molecule has 0 spiro atoms. The third-order valence-corrected chi connectivity index (χ3v) is 7.77. The third kappa shape index (κ3) is 7.99. The number of piperidine rings is 1. The molecule has 5 nitrogen and oxygen atoms in total. The number of halogens is 4. The summed E-state index contributed by atoms with van der Waals surface area (Å²) in [4.78, 5) is 29.0. The molecule has 1 heterocycles. The lowest BCUT2D eigenvalue weighted by molar-refractivity contribution is -0.113. The van der Waals surface area contributed by atoms with E-state index in [9.17, 15) is 27.2 Å². The van der Waals surface area contributed by atoms with Gasteiger partial charge >= 0.3 is 0 Å². The normalized spacial score (nSPS) is 19.5. The second-order valence-corrected chi connectivity index (χ2v) is 11.0. The Morgan fingerprint density at radius 1 is 0.767 bits per heavy atom. The molecule has 0 bridgehead atoms. The molecule has 1 aliphatic carbocycles. The van der Waals surface area contributed by atoms with Crippen molar-refractivity contribution in [3.05, 3.63) is 112 Å². The Hall–Kier alpha value is -4.24. The second-order valence-electron chi connectivity index (χ2n) is 11.0. The molecule has 1 aliphatic heterocycles. The van der Waals surface area contributed by atoms with Gasteiger partial charge in [0.15, 0.2) is 29.1 Å². The summed E-state index contributed by atoms with van der Waals surface area (Å²) in [5, 5.41) is 6.36. The van der Waals surface area contributed by atoms with Crippen molar-refractivity contribution in [3.8, 4) is 0 Å². The molecular weight excluding hydrogens is 558 g/mol. The molecule has 2 aliphatic rings. The van der Waals surface area contributed by atoms with Crippen LogP contribution in [-0.4, -0.2) is 48.8 Å². The third-order valence-electron chi connectivity index (χ3n) is 7.77. The lowest BCUT2D eigenvalue weighted by Crippen LogP contribution is -2.39. The van der Waals surface area contributed by atoms with Crippen molar-refractivity contribution in [2.75, 3.05) is 31.5 Å². The van der Waals surface area contributed by atoms with Crippen LogP contribution in [0.2, 0.25) is 0 Å².